The van der Waals surface area contributed by atoms with Crippen LogP contribution in [0.5, 0.6) is 17.2 Å². The molecule has 1 aliphatic rings. The molecule has 1 aliphatic heterocycles. The minimum Gasteiger partial charge on any atom is -0.493 e. The third-order valence-corrected chi connectivity index (χ3v) is 4.69. The van der Waals surface area contributed by atoms with Gasteiger partial charge in [-0.05, 0) is 30.2 Å². The summed E-state index contributed by atoms with van der Waals surface area (Å²) in [4.78, 5) is 26.4. The second-order valence-corrected chi connectivity index (χ2v) is 6.36. The zero-order chi connectivity index (χ0) is 20.1. The van der Waals surface area contributed by atoms with Crippen molar-refractivity contribution in [2.45, 2.75) is 12.8 Å². The van der Waals surface area contributed by atoms with E-state index in [-0.39, 0.29) is 18.2 Å². The van der Waals surface area contributed by atoms with Crippen LogP contribution in [0.15, 0.2) is 48.0 Å². The maximum Gasteiger partial charge on any atom is 0.256 e. The van der Waals surface area contributed by atoms with E-state index in [0.29, 0.717) is 41.4 Å². The topological polar surface area (TPSA) is 65.1 Å². The van der Waals surface area contributed by atoms with Crippen molar-refractivity contribution in [2.24, 2.45) is 0 Å². The molecule has 0 aromatic heterocycles. The van der Waals surface area contributed by atoms with Crippen molar-refractivity contribution in [3.8, 4) is 17.2 Å². The molecule has 0 saturated carbocycles. The van der Waals surface area contributed by atoms with Crippen LogP contribution in [0.4, 0.5) is 0 Å². The van der Waals surface area contributed by atoms with E-state index in [4.69, 9.17) is 14.2 Å². The monoisotopic (exact) mass is 381 g/mol. The number of rotatable bonds is 7. The lowest BCUT2D eigenvalue weighted by atomic mass is 10.1. The van der Waals surface area contributed by atoms with Gasteiger partial charge in [-0.25, -0.2) is 0 Å². The van der Waals surface area contributed by atoms with Gasteiger partial charge >= 0.3 is 0 Å². The number of ether oxygens (including phenoxy) is 3. The lowest BCUT2D eigenvalue weighted by Crippen LogP contribution is -2.31. The van der Waals surface area contributed by atoms with Gasteiger partial charge in [-0.1, -0.05) is 30.3 Å². The van der Waals surface area contributed by atoms with Crippen LogP contribution in [0.2, 0.25) is 0 Å². The quantitative estimate of drug-likeness (QED) is 0.545. The molecule has 2 amide bonds. The number of hydrogen-bond acceptors (Lipinski definition) is 5. The largest absolute Gasteiger partial charge is 0.493 e. The van der Waals surface area contributed by atoms with Crippen LogP contribution >= 0.6 is 0 Å². The highest BCUT2D eigenvalue weighted by atomic mass is 16.5. The van der Waals surface area contributed by atoms with E-state index < -0.39 is 0 Å². The highest BCUT2D eigenvalue weighted by Crippen LogP contribution is 2.41. The number of nitrogens with zero attached hydrogens (tertiary/aromatic N) is 1. The molecular formula is C22H23NO5. The van der Waals surface area contributed by atoms with Crippen LogP contribution in [0.3, 0.4) is 0 Å². The van der Waals surface area contributed by atoms with Gasteiger partial charge in [-0.3, -0.25) is 14.5 Å². The van der Waals surface area contributed by atoms with Crippen molar-refractivity contribution >= 4 is 17.9 Å². The average Bonchev–Trinajstić information content (AvgIpc) is 2.99. The van der Waals surface area contributed by atoms with Gasteiger partial charge < -0.3 is 14.2 Å². The Balaban J connectivity index is 1.83. The fourth-order valence-corrected chi connectivity index (χ4v) is 3.27. The summed E-state index contributed by atoms with van der Waals surface area (Å²) in [6.45, 7) is 0.363. The Bertz CT molecular complexity index is 905. The number of carbonyl (C=O) groups excluding carboxylic acids is 2. The van der Waals surface area contributed by atoms with Crippen molar-refractivity contribution in [3.63, 3.8) is 0 Å². The Morgan fingerprint density at radius 3 is 2.29 bits per heavy atom. The molecule has 0 aliphatic carbocycles. The second-order valence-electron chi connectivity index (χ2n) is 6.36. The first-order valence-corrected chi connectivity index (χ1v) is 8.97. The van der Waals surface area contributed by atoms with Crippen molar-refractivity contribution < 1.29 is 23.8 Å². The van der Waals surface area contributed by atoms with Crippen LogP contribution in [-0.4, -0.2) is 44.6 Å². The molecule has 1 heterocycles. The lowest BCUT2D eigenvalue weighted by Gasteiger charge is -2.15. The normalized spacial score (nSPS) is 15.2. The molecular weight excluding hydrogens is 358 g/mol. The van der Waals surface area contributed by atoms with Crippen molar-refractivity contribution in [1.82, 2.24) is 4.90 Å². The highest BCUT2D eigenvalue weighted by molar-refractivity contribution is 6.15. The first kappa shape index (κ1) is 19.5. The molecule has 6 nitrogen and oxygen atoms in total. The number of hydrogen-bond donors (Lipinski definition) is 0. The number of amides is 2. The standard InChI is InChI=1S/C22H23NO5/c1-26-18-10-9-16(20(27-2)21(18)28-3)13-17-14-19(24)23(22(17)25)12-11-15-7-5-4-6-8-15/h4-10,13H,11-12,14H2,1-3H3. The fraction of sp³-hybridized carbons (Fsp3) is 0.273. The van der Waals surface area contributed by atoms with E-state index in [1.54, 1.807) is 25.3 Å². The van der Waals surface area contributed by atoms with Crippen LogP contribution in [0, 0.1) is 0 Å². The van der Waals surface area contributed by atoms with E-state index >= 15 is 0 Å². The summed E-state index contributed by atoms with van der Waals surface area (Å²) in [5, 5.41) is 0. The molecule has 1 saturated heterocycles. The molecule has 3 rings (SSSR count). The molecule has 0 atom stereocenters. The molecule has 2 aromatic carbocycles. The number of likely N-dealkylation sites (tertiary alicyclic amines) is 1. The summed E-state index contributed by atoms with van der Waals surface area (Å²) in [5.41, 5.74) is 2.17. The van der Waals surface area contributed by atoms with Crippen molar-refractivity contribution in [2.75, 3.05) is 27.9 Å². The minimum absolute atomic E-state index is 0.0745. The van der Waals surface area contributed by atoms with Gasteiger partial charge in [0.1, 0.15) is 0 Å². The number of benzene rings is 2. The smallest absolute Gasteiger partial charge is 0.256 e. The van der Waals surface area contributed by atoms with Crippen molar-refractivity contribution in [1.29, 1.82) is 0 Å². The molecule has 1 fully saturated rings. The van der Waals surface area contributed by atoms with Gasteiger partial charge in [0.2, 0.25) is 11.7 Å². The van der Waals surface area contributed by atoms with Gasteiger partial charge in [0.05, 0.1) is 27.8 Å². The SMILES string of the molecule is COc1ccc(C=C2CC(=O)N(CCc3ccccc3)C2=O)c(OC)c1OC. The van der Waals surface area contributed by atoms with Gasteiger partial charge in [0.15, 0.2) is 11.5 Å². The maximum absolute atomic E-state index is 12.8. The molecule has 6 heteroatoms. The van der Waals surface area contributed by atoms with E-state index in [9.17, 15) is 9.59 Å². The molecule has 0 spiro atoms. The average molecular weight is 381 g/mol. The number of carbonyl (C=O) groups is 2. The number of imide groups is 1. The van der Waals surface area contributed by atoms with Gasteiger partial charge in [-0.15, -0.1) is 0 Å². The van der Waals surface area contributed by atoms with E-state index in [0.717, 1.165) is 5.56 Å². The Labute approximate surface area is 164 Å². The zero-order valence-electron chi connectivity index (χ0n) is 16.2. The minimum atomic E-state index is -0.266. The summed E-state index contributed by atoms with van der Waals surface area (Å²) >= 11 is 0. The second kappa shape index (κ2) is 8.61. The Morgan fingerprint density at radius 1 is 0.929 bits per heavy atom. The van der Waals surface area contributed by atoms with Crippen LogP contribution in [0.25, 0.3) is 6.08 Å². The van der Waals surface area contributed by atoms with E-state index in [2.05, 4.69) is 0 Å². The third-order valence-electron chi connectivity index (χ3n) is 4.69. The van der Waals surface area contributed by atoms with Crippen molar-refractivity contribution in [3.05, 3.63) is 59.2 Å². The summed E-state index contributed by atoms with van der Waals surface area (Å²) in [7, 11) is 4.58. The zero-order valence-corrected chi connectivity index (χ0v) is 16.2. The molecule has 0 radical (unpaired) electrons. The molecule has 2 aromatic rings. The first-order chi connectivity index (χ1) is 13.6. The van der Waals surface area contributed by atoms with Crippen LogP contribution < -0.4 is 14.2 Å². The Hall–Kier alpha value is -3.28. The Kier molecular flexibility index (Phi) is 5.99. The summed E-state index contributed by atoms with van der Waals surface area (Å²) in [6.07, 6.45) is 2.39. The number of methoxy groups -OCH3 is 3. The summed E-state index contributed by atoms with van der Waals surface area (Å²) in [5.74, 6) is 0.971. The third kappa shape index (κ3) is 3.86. The Morgan fingerprint density at radius 2 is 1.64 bits per heavy atom. The molecule has 0 N–H and O–H groups in total. The molecule has 0 bridgehead atoms. The summed E-state index contributed by atoms with van der Waals surface area (Å²) in [6, 6.07) is 13.3. The van der Waals surface area contributed by atoms with Gasteiger partial charge in [0, 0.05) is 17.7 Å². The van der Waals surface area contributed by atoms with Crippen LogP contribution in [0.1, 0.15) is 17.5 Å². The van der Waals surface area contributed by atoms with E-state index in [1.165, 1.54) is 19.1 Å². The van der Waals surface area contributed by atoms with Gasteiger partial charge in [0.25, 0.3) is 5.91 Å². The van der Waals surface area contributed by atoms with E-state index in [1.807, 2.05) is 30.3 Å². The predicted octanol–water partition coefficient (Wildman–Crippen LogP) is 3.10. The van der Waals surface area contributed by atoms with Gasteiger partial charge in [-0.2, -0.15) is 0 Å². The first-order valence-electron chi connectivity index (χ1n) is 8.97. The lowest BCUT2D eigenvalue weighted by molar-refractivity contribution is -0.137. The molecule has 28 heavy (non-hydrogen) atoms. The highest BCUT2D eigenvalue weighted by Gasteiger charge is 2.33. The molecule has 0 unspecified atom stereocenters. The maximum atomic E-state index is 12.8. The molecule has 146 valence electrons. The van der Waals surface area contributed by atoms with Crippen LogP contribution in [-0.2, 0) is 16.0 Å². The predicted molar refractivity (Wildman–Crippen MR) is 106 cm³/mol. The summed E-state index contributed by atoms with van der Waals surface area (Å²) < 4.78 is 16.1. The fourth-order valence-electron chi connectivity index (χ4n) is 3.27.